The van der Waals surface area contributed by atoms with Crippen molar-refractivity contribution in [3.8, 4) is 0 Å². The fourth-order valence-corrected chi connectivity index (χ4v) is 3.91. The third-order valence-corrected chi connectivity index (χ3v) is 5.36. The van der Waals surface area contributed by atoms with Crippen molar-refractivity contribution in [3.63, 3.8) is 0 Å². The number of aromatic nitrogens is 3. The molecule has 3 unspecified atom stereocenters. The maximum atomic E-state index is 5.55. The predicted molar refractivity (Wildman–Crippen MR) is 108 cm³/mol. The summed E-state index contributed by atoms with van der Waals surface area (Å²) >= 11 is 0. The molecule has 0 saturated carbocycles. The van der Waals surface area contributed by atoms with Crippen LogP contribution in [0.15, 0.2) is 4.99 Å². The van der Waals surface area contributed by atoms with Crippen LogP contribution in [0.4, 0.5) is 0 Å². The van der Waals surface area contributed by atoms with Gasteiger partial charge < -0.3 is 20.1 Å². The number of fused-ring (bicyclic) bond motifs is 1. The van der Waals surface area contributed by atoms with Gasteiger partial charge in [-0.3, -0.25) is 9.89 Å². The SMILES string of the molecule is CCNC(=NCC(C)N1CCOCC1C)NC1CCc2nc(COC)nn2C1. The van der Waals surface area contributed by atoms with Gasteiger partial charge in [0.2, 0.25) is 0 Å². The molecule has 158 valence electrons. The lowest BCUT2D eigenvalue weighted by Gasteiger charge is -2.37. The summed E-state index contributed by atoms with van der Waals surface area (Å²) in [5.74, 6) is 2.68. The zero-order valence-corrected chi connectivity index (χ0v) is 17.6. The molecule has 9 heteroatoms. The monoisotopic (exact) mass is 393 g/mol. The lowest BCUT2D eigenvalue weighted by atomic mass is 10.1. The normalized spacial score (nSPS) is 24.6. The molecule has 3 heterocycles. The Balaban J connectivity index is 1.57. The number of hydrogen-bond acceptors (Lipinski definition) is 6. The minimum absolute atomic E-state index is 0.292. The Kier molecular flexibility index (Phi) is 7.64. The number of aryl methyl sites for hydroxylation is 1. The highest BCUT2D eigenvalue weighted by atomic mass is 16.5. The van der Waals surface area contributed by atoms with Crippen LogP contribution in [0.1, 0.15) is 38.8 Å². The van der Waals surface area contributed by atoms with Gasteiger partial charge in [0.1, 0.15) is 12.4 Å². The van der Waals surface area contributed by atoms with E-state index < -0.39 is 0 Å². The third-order valence-electron chi connectivity index (χ3n) is 5.36. The number of methoxy groups -OCH3 is 1. The van der Waals surface area contributed by atoms with Gasteiger partial charge in [-0.15, -0.1) is 0 Å². The summed E-state index contributed by atoms with van der Waals surface area (Å²) in [4.78, 5) is 11.9. The topological polar surface area (TPSA) is 88.8 Å². The zero-order chi connectivity index (χ0) is 19.9. The Hall–Kier alpha value is -1.71. The standard InChI is InChI=1S/C19H35N7O2/c1-5-20-19(21-10-14(2)25-8-9-28-12-15(25)3)22-16-6-7-18-23-17(13-27-4)24-26(18)11-16/h14-16H,5-13H2,1-4H3,(H2,20,21,22). The summed E-state index contributed by atoms with van der Waals surface area (Å²) in [5.41, 5.74) is 0. The highest BCUT2D eigenvalue weighted by molar-refractivity contribution is 5.80. The summed E-state index contributed by atoms with van der Waals surface area (Å²) in [6.45, 7) is 12.0. The molecule has 3 rings (SSSR count). The smallest absolute Gasteiger partial charge is 0.191 e. The molecule has 1 saturated heterocycles. The molecule has 0 amide bonds. The van der Waals surface area contributed by atoms with Crippen LogP contribution in [-0.4, -0.2) is 83.7 Å². The number of guanidine groups is 1. The second-order valence-corrected chi connectivity index (χ2v) is 7.67. The van der Waals surface area contributed by atoms with Crippen molar-refractivity contribution in [2.24, 2.45) is 4.99 Å². The lowest BCUT2D eigenvalue weighted by molar-refractivity contribution is -0.0165. The Bertz CT molecular complexity index is 648. The number of morpholine rings is 1. The highest BCUT2D eigenvalue weighted by Gasteiger charge is 2.25. The van der Waals surface area contributed by atoms with Crippen LogP contribution in [0.25, 0.3) is 0 Å². The molecule has 0 aliphatic carbocycles. The van der Waals surface area contributed by atoms with E-state index in [1.54, 1.807) is 7.11 Å². The molecular formula is C19H35N7O2. The largest absolute Gasteiger partial charge is 0.379 e. The number of aliphatic imine (C=N–C) groups is 1. The van der Waals surface area contributed by atoms with E-state index in [-0.39, 0.29) is 0 Å². The van der Waals surface area contributed by atoms with Crippen molar-refractivity contribution in [3.05, 3.63) is 11.6 Å². The number of hydrogen-bond donors (Lipinski definition) is 2. The van der Waals surface area contributed by atoms with Crippen LogP contribution in [-0.2, 0) is 29.0 Å². The Morgan fingerprint density at radius 3 is 3.07 bits per heavy atom. The average molecular weight is 394 g/mol. The second-order valence-electron chi connectivity index (χ2n) is 7.67. The van der Waals surface area contributed by atoms with E-state index in [2.05, 4.69) is 46.4 Å². The van der Waals surface area contributed by atoms with Crippen LogP contribution in [0.5, 0.6) is 0 Å². The van der Waals surface area contributed by atoms with E-state index >= 15 is 0 Å². The minimum Gasteiger partial charge on any atom is -0.379 e. The fourth-order valence-electron chi connectivity index (χ4n) is 3.91. The first-order valence-corrected chi connectivity index (χ1v) is 10.4. The average Bonchev–Trinajstić information content (AvgIpc) is 3.08. The van der Waals surface area contributed by atoms with Crippen molar-refractivity contribution in [2.75, 3.05) is 40.0 Å². The summed E-state index contributed by atoms with van der Waals surface area (Å²) in [5, 5.41) is 11.5. The molecule has 1 aromatic rings. The zero-order valence-electron chi connectivity index (χ0n) is 17.6. The summed E-state index contributed by atoms with van der Waals surface area (Å²) < 4.78 is 12.7. The molecule has 2 N–H and O–H groups in total. The van der Waals surface area contributed by atoms with Gasteiger partial charge in [0.25, 0.3) is 0 Å². The summed E-state index contributed by atoms with van der Waals surface area (Å²) in [6.07, 6.45) is 1.93. The van der Waals surface area contributed by atoms with Gasteiger partial charge in [-0.2, -0.15) is 5.10 Å². The Labute approximate surface area is 167 Å². The van der Waals surface area contributed by atoms with Gasteiger partial charge in [-0.1, -0.05) is 0 Å². The summed E-state index contributed by atoms with van der Waals surface area (Å²) in [6, 6.07) is 1.12. The van der Waals surface area contributed by atoms with E-state index in [1.165, 1.54) is 0 Å². The van der Waals surface area contributed by atoms with E-state index in [0.29, 0.717) is 24.7 Å². The van der Waals surface area contributed by atoms with E-state index in [4.69, 9.17) is 14.5 Å². The molecule has 0 bridgehead atoms. The molecule has 0 aromatic carbocycles. The Morgan fingerprint density at radius 2 is 2.32 bits per heavy atom. The molecule has 0 radical (unpaired) electrons. The molecule has 0 spiro atoms. The quantitative estimate of drug-likeness (QED) is 0.512. The molecular weight excluding hydrogens is 358 g/mol. The van der Waals surface area contributed by atoms with Crippen molar-refractivity contribution in [1.29, 1.82) is 0 Å². The van der Waals surface area contributed by atoms with Gasteiger partial charge in [-0.05, 0) is 27.2 Å². The first-order valence-electron chi connectivity index (χ1n) is 10.4. The number of nitrogens with zero attached hydrogens (tertiary/aromatic N) is 5. The van der Waals surface area contributed by atoms with Crippen molar-refractivity contribution in [1.82, 2.24) is 30.3 Å². The van der Waals surface area contributed by atoms with Gasteiger partial charge in [0.05, 0.1) is 26.3 Å². The van der Waals surface area contributed by atoms with Crippen LogP contribution < -0.4 is 10.6 Å². The Morgan fingerprint density at radius 1 is 1.46 bits per heavy atom. The van der Waals surface area contributed by atoms with Crippen LogP contribution in [0.3, 0.4) is 0 Å². The van der Waals surface area contributed by atoms with Crippen molar-refractivity contribution in [2.45, 2.75) is 64.9 Å². The first-order chi connectivity index (χ1) is 13.6. The molecule has 1 fully saturated rings. The van der Waals surface area contributed by atoms with E-state index in [1.807, 2.05) is 4.68 Å². The fraction of sp³-hybridized carbons (Fsp3) is 0.842. The maximum Gasteiger partial charge on any atom is 0.191 e. The van der Waals surface area contributed by atoms with Crippen LogP contribution >= 0.6 is 0 Å². The van der Waals surface area contributed by atoms with Crippen LogP contribution in [0.2, 0.25) is 0 Å². The van der Waals surface area contributed by atoms with E-state index in [0.717, 1.165) is 69.8 Å². The van der Waals surface area contributed by atoms with Crippen molar-refractivity contribution >= 4 is 5.96 Å². The van der Waals surface area contributed by atoms with E-state index in [9.17, 15) is 0 Å². The number of rotatable bonds is 7. The van der Waals surface area contributed by atoms with Gasteiger partial charge in [0.15, 0.2) is 11.8 Å². The van der Waals surface area contributed by atoms with Crippen molar-refractivity contribution < 1.29 is 9.47 Å². The number of ether oxygens (including phenoxy) is 2. The second kappa shape index (κ2) is 10.2. The maximum absolute atomic E-state index is 5.55. The molecule has 2 aliphatic rings. The number of nitrogens with one attached hydrogen (secondary N) is 2. The molecule has 28 heavy (non-hydrogen) atoms. The third kappa shape index (κ3) is 5.42. The van der Waals surface area contributed by atoms with Gasteiger partial charge in [0, 0.05) is 44.7 Å². The molecule has 1 aromatic heterocycles. The summed E-state index contributed by atoms with van der Waals surface area (Å²) in [7, 11) is 1.67. The highest BCUT2D eigenvalue weighted by Crippen LogP contribution is 2.14. The predicted octanol–water partition coefficient (Wildman–Crippen LogP) is 0.404. The van der Waals surface area contributed by atoms with Gasteiger partial charge in [-0.25, -0.2) is 9.67 Å². The minimum atomic E-state index is 0.292. The van der Waals surface area contributed by atoms with Gasteiger partial charge >= 0.3 is 0 Å². The van der Waals surface area contributed by atoms with Crippen LogP contribution in [0, 0.1) is 0 Å². The first kappa shape index (κ1) is 21.0. The molecule has 2 aliphatic heterocycles. The lowest BCUT2D eigenvalue weighted by Crippen LogP contribution is -2.50. The molecule has 3 atom stereocenters. The molecule has 9 nitrogen and oxygen atoms in total.